The molecule has 0 N–H and O–H groups in total. The Balaban J connectivity index is 1.68. The number of piperazine rings is 1. The van der Waals surface area contributed by atoms with Crippen LogP contribution in [0.4, 0.5) is 10.6 Å². The summed E-state index contributed by atoms with van der Waals surface area (Å²) in [5.74, 6) is 2.01. The van der Waals surface area contributed by atoms with E-state index in [-0.39, 0.29) is 11.7 Å². The van der Waals surface area contributed by atoms with Crippen molar-refractivity contribution in [2.45, 2.75) is 57.9 Å². The number of thiophene rings is 1. The van der Waals surface area contributed by atoms with Crippen LogP contribution in [-0.4, -0.2) is 65.1 Å². The van der Waals surface area contributed by atoms with Gasteiger partial charge in [0.2, 0.25) is 0 Å². The van der Waals surface area contributed by atoms with E-state index in [1.807, 2.05) is 6.92 Å². The van der Waals surface area contributed by atoms with Gasteiger partial charge in [0.25, 0.3) is 0 Å². The molecule has 0 bridgehead atoms. The van der Waals surface area contributed by atoms with E-state index in [1.54, 1.807) is 28.0 Å². The van der Waals surface area contributed by atoms with E-state index in [0.29, 0.717) is 26.3 Å². The SMILES string of the molecule is CCCSc1nc(N2CCN(C(=O)OCC)CC2)c2c3c(sc2n1)COC(C)(C)C3. The highest BCUT2D eigenvalue weighted by Crippen LogP contribution is 2.42. The standard InChI is InChI=1S/C21H30N4O3S2/c1-5-11-29-19-22-17(24-7-9-25(10-8-24)20(26)27-6-2)16-14-12-21(3,4)28-13-15(14)30-18(16)23-19/h5-13H2,1-4H3. The Labute approximate surface area is 186 Å². The third kappa shape index (κ3) is 4.38. The highest BCUT2D eigenvalue weighted by molar-refractivity contribution is 7.99. The number of anilines is 1. The summed E-state index contributed by atoms with van der Waals surface area (Å²) in [5.41, 5.74) is 1.15. The number of nitrogens with zero attached hydrogens (tertiary/aromatic N) is 4. The van der Waals surface area contributed by atoms with Gasteiger partial charge in [0, 0.05) is 43.2 Å². The van der Waals surface area contributed by atoms with Crippen LogP contribution in [0.5, 0.6) is 0 Å². The number of aromatic nitrogens is 2. The maximum Gasteiger partial charge on any atom is 0.409 e. The lowest BCUT2D eigenvalue weighted by Crippen LogP contribution is -2.49. The number of carbonyl (C=O) groups is 1. The van der Waals surface area contributed by atoms with Crippen LogP contribution in [0.2, 0.25) is 0 Å². The zero-order valence-corrected chi connectivity index (χ0v) is 19.8. The van der Waals surface area contributed by atoms with Crippen LogP contribution in [0.3, 0.4) is 0 Å². The van der Waals surface area contributed by atoms with Gasteiger partial charge < -0.3 is 19.3 Å². The molecule has 0 aliphatic carbocycles. The van der Waals surface area contributed by atoms with Crippen molar-refractivity contribution >= 4 is 45.2 Å². The minimum absolute atomic E-state index is 0.184. The normalized spacial score (nSPS) is 18.5. The highest BCUT2D eigenvalue weighted by Gasteiger charge is 2.33. The molecule has 2 aliphatic heterocycles. The molecule has 2 aromatic rings. The van der Waals surface area contributed by atoms with Gasteiger partial charge in [-0.3, -0.25) is 0 Å². The average molecular weight is 451 g/mol. The van der Waals surface area contributed by atoms with Crippen molar-refractivity contribution in [1.82, 2.24) is 14.9 Å². The molecule has 2 aliphatic rings. The van der Waals surface area contributed by atoms with Gasteiger partial charge in [-0.1, -0.05) is 18.7 Å². The summed E-state index contributed by atoms with van der Waals surface area (Å²) in [6, 6.07) is 0. The van der Waals surface area contributed by atoms with Crippen molar-refractivity contribution in [3.63, 3.8) is 0 Å². The van der Waals surface area contributed by atoms with Crippen LogP contribution in [-0.2, 0) is 22.5 Å². The van der Waals surface area contributed by atoms with Crippen LogP contribution in [0.25, 0.3) is 10.2 Å². The largest absolute Gasteiger partial charge is 0.450 e. The molecule has 0 radical (unpaired) electrons. The van der Waals surface area contributed by atoms with Gasteiger partial charge in [-0.15, -0.1) is 11.3 Å². The van der Waals surface area contributed by atoms with Gasteiger partial charge in [0.1, 0.15) is 10.6 Å². The Morgan fingerprint density at radius 1 is 1.23 bits per heavy atom. The second kappa shape index (κ2) is 8.88. The van der Waals surface area contributed by atoms with Crippen LogP contribution in [0, 0.1) is 0 Å². The molecule has 0 atom stereocenters. The second-order valence-corrected chi connectivity index (χ2v) is 10.4. The molecule has 30 heavy (non-hydrogen) atoms. The molecule has 2 aromatic heterocycles. The first-order valence-electron chi connectivity index (χ1n) is 10.7. The number of carbonyl (C=O) groups excluding carboxylic acids is 1. The number of ether oxygens (including phenoxy) is 2. The summed E-state index contributed by atoms with van der Waals surface area (Å²) in [5, 5.41) is 2.02. The van der Waals surface area contributed by atoms with Crippen molar-refractivity contribution in [2.75, 3.05) is 43.4 Å². The summed E-state index contributed by atoms with van der Waals surface area (Å²) >= 11 is 3.45. The molecule has 1 fully saturated rings. The topological polar surface area (TPSA) is 67.8 Å². The Morgan fingerprint density at radius 2 is 2.00 bits per heavy atom. The molecule has 7 nitrogen and oxygen atoms in total. The number of hydrogen-bond acceptors (Lipinski definition) is 8. The predicted octanol–water partition coefficient (Wildman–Crippen LogP) is 4.32. The lowest BCUT2D eigenvalue weighted by Gasteiger charge is -2.35. The summed E-state index contributed by atoms with van der Waals surface area (Å²) in [6.45, 7) is 12.1. The molecule has 1 saturated heterocycles. The van der Waals surface area contributed by atoms with E-state index in [9.17, 15) is 4.79 Å². The molecule has 4 rings (SSSR count). The minimum atomic E-state index is -0.226. The van der Waals surface area contributed by atoms with Crippen molar-refractivity contribution in [3.8, 4) is 0 Å². The van der Waals surface area contributed by atoms with Gasteiger partial charge in [0.05, 0.1) is 24.2 Å². The fourth-order valence-corrected chi connectivity index (χ4v) is 5.76. The van der Waals surface area contributed by atoms with Crippen LogP contribution in [0.1, 0.15) is 44.6 Å². The average Bonchev–Trinajstić information content (AvgIpc) is 3.08. The van der Waals surface area contributed by atoms with Gasteiger partial charge in [0.15, 0.2) is 5.16 Å². The highest BCUT2D eigenvalue weighted by atomic mass is 32.2. The molecule has 9 heteroatoms. The molecule has 164 valence electrons. The van der Waals surface area contributed by atoms with Crippen molar-refractivity contribution in [2.24, 2.45) is 0 Å². The first-order chi connectivity index (χ1) is 14.4. The fraction of sp³-hybridized carbons (Fsp3) is 0.667. The summed E-state index contributed by atoms with van der Waals surface area (Å²) in [7, 11) is 0. The first-order valence-corrected chi connectivity index (χ1v) is 12.5. The van der Waals surface area contributed by atoms with Crippen molar-refractivity contribution < 1.29 is 14.3 Å². The number of fused-ring (bicyclic) bond motifs is 3. The van der Waals surface area contributed by atoms with Gasteiger partial charge in [-0.2, -0.15) is 0 Å². The van der Waals surface area contributed by atoms with Gasteiger partial charge in [-0.25, -0.2) is 14.8 Å². The smallest absolute Gasteiger partial charge is 0.409 e. The maximum atomic E-state index is 12.1. The predicted molar refractivity (Wildman–Crippen MR) is 122 cm³/mol. The molecule has 0 saturated carbocycles. The third-order valence-corrected chi connectivity index (χ3v) is 7.58. The van der Waals surface area contributed by atoms with E-state index in [1.165, 1.54) is 15.8 Å². The van der Waals surface area contributed by atoms with E-state index in [4.69, 9.17) is 19.4 Å². The second-order valence-electron chi connectivity index (χ2n) is 8.26. The minimum Gasteiger partial charge on any atom is -0.450 e. The monoisotopic (exact) mass is 450 g/mol. The fourth-order valence-electron chi connectivity index (χ4n) is 3.91. The number of rotatable bonds is 5. The molecule has 1 amide bonds. The Hall–Kier alpha value is -1.58. The first kappa shape index (κ1) is 21.6. The number of hydrogen-bond donors (Lipinski definition) is 0. The quantitative estimate of drug-likeness (QED) is 0.496. The molecule has 0 spiro atoms. The molecular formula is C21H30N4O3S2. The lowest BCUT2D eigenvalue weighted by molar-refractivity contribution is -0.0379. The van der Waals surface area contributed by atoms with E-state index in [2.05, 4.69) is 25.7 Å². The maximum absolute atomic E-state index is 12.1. The van der Waals surface area contributed by atoms with Crippen molar-refractivity contribution in [1.29, 1.82) is 0 Å². The molecule has 0 aromatic carbocycles. The van der Waals surface area contributed by atoms with E-state index < -0.39 is 0 Å². The van der Waals surface area contributed by atoms with Gasteiger partial charge >= 0.3 is 6.09 Å². The van der Waals surface area contributed by atoms with Gasteiger partial charge in [-0.05, 0) is 32.8 Å². The summed E-state index contributed by atoms with van der Waals surface area (Å²) in [4.78, 5) is 28.4. The van der Waals surface area contributed by atoms with E-state index in [0.717, 1.165) is 47.5 Å². The summed E-state index contributed by atoms with van der Waals surface area (Å²) < 4.78 is 11.2. The zero-order valence-electron chi connectivity index (χ0n) is 18.2. The Kier molecular flexibility index (Phi) is 6.41. The van der Waals surface area contributed by atoms with Crippen LogP contribution in [0.15, 0.2) is 5.16 Å². The van der Waals surface area contributed by atoms with Crippen LogP contribution >= 0.6 is 23.1 Å². The Morgan fingerprint density at radius 3 is 2.70 bits per heavy atom. The molecule has 4 heterocycles. The lowest BCUT2D eigenvalue weighted by atomic mass is 9.94. The van der Waals surface area contributed by atoms with E-state index >= 15 is 0 Å². The van der Waals surface area contributed by atoms with Crippen LogP contribution < -0.4 is 4.90 Å². The van der Waals surface area contributed by atoms with Crippen molar-refractivity contribution in [3.05, 3.63) is 10.4 Å². The number of amides is 1. The third-order valence-electron chi connectivity index (χ3n) is 5.43. The summed E-state index contributed by atoms with van der Waals surface area (Å²) in [6.07, 6.45) is 1.72. The zero-order chi connectivity index (χ0) is 21.3. The molecular weight excluding hydrogens is 420 g/mol. The molecule has 0 unspecified atom stereocenters. The Bertz CT molecular complexity index is 923. The number of thioether (sulfide) groups is 1.